The first-order chi connectivity index (χ1) is 11.2. The third-order valence-corrected chi connectivity index (χ3v) is 5.27. The zero-order valence-corrected chi connectivity index (χ0v) is 14.6. The average molecular weight is 352 g/mol. The molecule has 0 spiro atoms. The molecule has 130 valence electrons. The summed E-state index contributed by atoms with van der Waals surface area (Å²) in [5, 5.41) is 10.2. The van der Waals surface area contributed by atoms with Gasteiger partial charge in [0.25, 0.3) is 0 Å². The van der Waals surface area contributed by atoms with Gasteiger partial charge in [-0.2, -0.15) is 0 Å². The Kier molecular flexibility index (Phi) is 5.58. The smallest absolute Gasteiger partial charge is 0.240 e. The van der Waals surface area contributed by atoms with Gasteiger partial charge in [0.05, 0.1) is 11.0 Å². The van der Waals surface area contributed by atoms with Gasteiger partial charge in [-0.15, -0.1) is 0 Å². The van der Waals surface area contributed by atoms with Crippen LogP contribution in [0.3, 0.4) is 0 Å². The molecule has 7 heteroatoms. The number of aliphatic hydroxyl groups is 1. The largest absolute Gasteiger partial charge is 0.387 e. The molecule has 24 heavy (non-hydrogen) atoms. The number of anilines is 1. The highest BCUT2D eigenvalue weighted by molar-refractivity contribution is 7.89. The van der Waals surface area contributed by atoms with E-state index in [0.29, 0.717) is 11.1 Å². The molecule has 1 atom stereocenters. The van der Waals surface area contributed by atoms with Gasteiger partial charge in [-0.05, 0) is 48.4 Å². The Hall–Kier alpha value is -1.96. The molecule has 0 aliphatic rings. The van der Waals surface area contributed by atoms with Crippen LogP contribution in [-0.2, 0) is 10.0 Å². The summed E-state index contributed by atoms with van der Waals surface area (Å²) in [5.41, 5.74) is 1.90. The van der Waals surface area contributed by atoms with Crippen molar-refractivity contribution in [3.8, 4) is 0 Å². The summed E-state index contributed by atoms with van der Waals surface area (Å²) in [4.78, 5) is 1.93. The van der Waals surface area contributed by atoms with E-state index in [9.17, 15) is 17.9 Å². The average Bonchev–Trinajstić information content (AvgIpc) is 2.52. The quantitative estimate of drug-likeness (QED) is 0.836. The molecule has 2 aromatic carbocycles. The van der Waals surface area contributed by atoms with Crippen molar-refractivity contribution in [2.45, 2.75) is 17.9 Å². The maximum atomic E-state index is 13.1. The third kappa shape index (κ3) is 4.31. The first-order valence-electron chi connectivity index (χ1n) is 7.42. The zero-order valence-electron chi connectivity index (χ0n) is 13.8. The van der Waals surface area contributed by atoms with E-state index in [1.807, 2.05) is 31.1 Å². The Labute approximate surface area is 141 Å². The summed E-state index contributed by atoms with van der Waals surface area (Å²) in [5.74, 6) is -0.493. The van der Waals surface area contributed by atoms with Crippen LogP contribution < -0.4 is 9.62 Å². The third-order valence-electron chi connectivity index (χ3n) is 3.69. The van der Waals surface area contributed by atoms with Crippen LogP contribution in [0.25, 0.3) is 0 Å². The van der Waals surface area contributed by atoms with Crippen molar-refractivity contribution in [2.24, 2.45) is 0 Å². The van der Waals surface area contributed by atoms with Crippen LogP contribution >= 0.6 is 0 Å². The van der Waals surface area contributed by atoms with Gasteiger partial charge in [0.1, 0.15) is 5.82 Å². The van der Waals surface area contributed by atoms with Gasteiger partial charge in [-0.1, -0.05) is 12.1 Å². The predicted molar refractivity (Wildman–Crippen MR) is 92.1 cm³/mol. The lowest BCUT2D eigenvalue weighted by atomic mass is 10.1. The lowest BCUT2D eigenvalue weighted by Gasteiger charge is -2.16. The van der Waals surface area contributed by atoms with Crippen molar-refractivity contribution in [1.29, 1.82) is 0 Å². The van der Waals surface area contributed by atoms with E-state index in [-0.39, 0.29) is 11.4 Å². The number of aliphatic hydroxyl groups excluding tert-OH is 1. The van der Waals surface area contributed by atoms with Gasteiger partial charge in [-0.25, -0.2) is 17.5 Å². The SMILES string of the molecule is Cc1cc(F)ccc1S(=O)(=O)NCC(O)c1ccc(N(C)C)cc1. The molecule has 0 aromatic heterocycles. The molecule has 0 heterocycles. The van der Waals surface area contributed by atoms with Crippen LogP contribution in [0.1, 0.15) is 17.2 Å². The lowest BCUT2D eigenvalue weighted by Crippen LogP contribution is -2.29. The highest BCUT2D eigenvalue weighted by atomic mass is 32.2. The molecule has 0 fully saturated rings. The standard InChI is InChI=1S/C17H21FN2O3S/c1-12-10-14(18)6-9-17(12)24(22,23)19-11-16(21)13-4-7-15(8-5-13)20(2)3/h4-10,16,19,21H,11H2,1-3H3. The molecule has 2 rings (SSSR count). The van der Waals surface area contributed by atoms with Crippen molar-refractivity contribution in [2.75, 3.05) is 25.5 Å². The number of sulfonamides is 1. The number of aryl methyl sites for hydroxylation is 1. The van der Waals surface area contributed by atoms with E-state index < -0.39 is 21.9 Å². The molecule has 5 nitrogen and oxygen atoms in total. The zero-order chi connectivity index (χ0) is 17.9. The molecule has 0 aliphatic carbocycles. The van der Waals surface area contributed by atoms with Crippen LogP contribution in [0.2, 0.25) is 0 Å². The van der Waals surface area contributed by atoms with Crippen molar-refractivity contribution < 1.29 is 17.9 Å². The molecule has 0 saturated carbocycles. The lowest BCUT2D eigenvalue weighted by molar-refractivity contribution is 0.182. The molecular formula is C17H21FN2O3S. The minimum absolute atomic E-state index is 0.000874. The number of hydrogen-bond acceptors (Lipinski definition) is 4. The highest BCUT2D eigenvalue weighted by Gasteiger charge is 2.19. The number of hydrogen-bond donors (Lipinski definition) is 2. The summed E-state index contributed by atoms with van der Waals surface area (Å²) in [6.07, 6.45) is -0.975. The predicted octanol–water partition coefficient (Wildman–Crippen LogP) is 2.21. The van der Waals surface area contributed by atoms with E-state index in [1.165, 1.54) is 13.0 Å². The maximum absolute atomic E-state index is 13.1. The van der Waals surface area contributed by atoms with Crippen LogP contribution in [0.15, 0.2) is 47.4 Å². The first-order valence-corrected chi connectivity index (χ1v) is 8.90. The summed E-state index contributed by atoms with van der Waals surface area (Å²) in [6.45, 7) is 1.36. The molecule has 0 aliphatic heterocycles. The second-order valence-corrected chi connectivity index (χ2v) is 7.50. The summed E-state index contributed by atoms with van der Waals surface area (Å²) >= 11 is 0. The number of rotatable bonds is 6. The molecule has 0 bridgehead atoms. The number of nitrogens with zero attached hydrogens (tertiary/aromatic N) is 1. The van der Waals surface area contributed by atoms with Crippen molar-refractivity contribution >= 4 is 15.7 Å². The minimum Gasteiger partial charge on any atom is -0.387 e. The Bertz CT molecular complexity index is 805. The van der Waals surface area contributed by atoms with Crippen LogP contribution in [-0.4, -0.2) is 34.2 Å². The fraction of sp³-hybridized carbons (Fsp3) is 0.294. The molecular weight excluding hydrogens is 331 g/mol. The van der Waals surface area contributed by atoms with E-state index in [4.69, 9.17) is 0 Å². The number of nitrogens with one attached hydrogen (secondary N) is 1. The summed E-state index contributed by atoms with van der Waals surface area (Å²) in [7, 11) is -0.00261. The van der Waals surface area contributed by atoms with Gasteiger partial charge in [0.15, 0.2) is 0 Å². The number of halogens is 1. The second kappa shape index (κ2) is 7.29. The molecule has 1 unspecified atom stereocenters. The normalized spacial score (nSPS) is 12.9. The topological polar surface area (TPSA) is 69.6 Å². The summed E-state index contributed by atoms with van der Waals surface area (Å²) in [6, 6.07) is 10.7. The Balaban J connectivity index is 2.08. The van der Waals surface area contributed by atoms with E-state index >= 15 is 0 Å². The van der Waals surface area contributed by atoms with Crippen molar-refractivity contribution in [3.05, 3.63) is 59.4 Å². The monoisotopic (exact) mass is 352 g/mol. The molecule has 0 saturated heterocycles. The first kappa shape index (κ1) is 18.4. The second-order valence-electron chi connectivity index (χ2n) is 5.76. The van der Waals surface area contributed by atoms with Crippen molar-refractivity contribution in [1.82, 2.24) is 4.72 Å². The van der Waals surface area contributed by atoms with Crippen LogP contribution in [0.4, 0.5) is 10.1 Å². The fourth-order valence-corrected chi connectivity index (χ4v) is 3.56. The maximum Gasteiger partial charge on any atom is 0.240 e. The van der Waals surface area contributed by atoms with Gasteiger partial charge >= 0.3 is 0 Å². The van der Waals surface area contributed by atoms with Gasteiger partial charge in [0.2, 0.25) is 10.0 Å². The minimum atomic E-state index is -3.82. The fourth-order valence-electron chi connectivity index (χ4n) is 2.29. The molecule has 0 radical (unpaired) electrons. The molecule has 0 amide bonds. The van der Waals surface area contributed by atoms with Crippen LogP contribution in [0.5, 0.6) is 0 Å². The van der Waals surface area contributed by atoms with E-state index in [1.54, 1.807) is 12.1 Å². The van der Waals surface area contributed by atoms with E-state index in [2.05, 4.69) is 4.72 Å². The van der Waals surface area contributed by atoms with Gasteiger partial charge in [0, 0.05) is 26.3 Å². The van der Waals surface area contributed by atoms with E-state index in [0.717, 1.165) is 17.8 Å². The van der Waals surface area contributed by atoms with Crippen LogP contribution in [0, 0.1) is 12.7 Å². The Morgan fingerprint density at radius 3 is 2.33 bits per heavy atom. The van der Waals surface area contributed by atoms with Crippen molar-refractivity contribution in [3.63, 3.8) is 0 Å². The molecule has 2 aromatic rings. The highest BCUT2D eigenvalue weighted by Crippen LogP contribution is 2.19. The van der Waals surface area contributed by atoms with Gasteiger partial charge < -0.3 is 10.0 Å². The summed E-state index contributed by atoms with van der Waals surface area (Å²) < 4.78 is 40.0. The van der Waals surface area contributed by atoms with Gasteiger partial charge in [-0.3, -0.25) is 0 Å². The Morgan fingerprint density at radius 2 is 1.79 bits per heavy atom. The molecule has 2 N–H and O–H groups in total. The Morgan fingerprint density at radius 1 is 1.17 bits per heavy atom. The number of benzene rings is 2.